The molecule has 40 heavy (non-hydrogen) atoms. The van der Waals surface area contributed by atoms with Crippen molar-refractivity contribution in [2.75, 3.05) is 42.5 Å². The molecule has 3 aromatic rings. The van der Waals surface area contributed by atoms with Gasteiger partial charge in [-0.25, -0.2) is 8.42 Å². The van der Waals surface area contributed by atoms with E-state index in [9.17, 15) is 18.0 Å². The summed E-state index contributed by atoms with van der Waals surface area (Å²) < 4.78 is 35.2. The van der Waals surface area contributed by atoms with Crippen LogP contribution in [0.15, 0.2) is 42.5 Å². The molecule has 1 aliphatic heterocycles. The molecule has 0 fully saturated rings. The second kappa shape index (κ2) is 11.1. The van der Waals surface area contributed by atoms with Crippen LogP contribution in [0.2, 0.25) is 0 Å². The molecule has 1 atom stereocenters. The van der Waals surface area contributed by atoms with Crippen molar-refractivity contribution in [2.24, 2.45) is 5.73 Å². The maximum Gasteiger partial charge on any atom is 0.327 e. The maximum atomic E-state index is 12.8. The van der Waals surface area contributed by atoms with E-state index in [1.54, 1.807) is 38.4 Å². The minimum Gasteiger partial charge on any atom is -0.435 e. The van der Waals surface area contributed by atoms with Crippen LogP contribution in [-0.4, -0.2) is 73.1 Å². The van der Waals surface area contributed by atoms with Crippen LogP contribution in [0.3, 0.4) is 0 Å². The smallest absolute Gasteiger partial charge is 0.327 e. The molecule has 1 aromatic heterocycles. The van der Waals surface area contributed by atoms with Gasteiger partial charge in [-0.05, 0) is 42.8 Å². The number of benzene rings is 2. The molecular weight excluding hydrogens is 540 g/mol. The van der Waals surface area contributed by atoms with Gasteiger partial charge in [-0.3, -0.25) is 15.0 Å². The average Bonchev–Trinajstić information content (AvgIpc) is 2.88. The Labute approximate surface area is 230 Å². The molecule has 14 nitrogen and oxygen atoms in total. The molecule has 0 aliphatic carbocycles. The second-order valence-corrected chi connectivity index (χ2v) is 11.5. The number of hydrogen-bond donors (Lipinski definition) is 5. The highest BCUT2D eigenvalue weighted by atomic mass is 32.2. The number of carbonyl (C=O) groups is 2. The van der Waals surface area contributed by atoms with Gasteiger partial charge < -0.3 is 36.5 Å². The van der Waals surface area contributed by atoms with Crippen molar-refractivity contribution in [3.05, 3.63) is 53.6 Å². The van der Waals surface area contributed by atoms with Gasteiger partial charge in [0.05, 0.1) is 11.4 Å². The van der Waals surface area contributed by atoms with Crippen LogP contribution in [0, 0.1) is 5.41 Å². The summed E-state index contributed by atoms with van der Waals surface area (Å²) in [6.07, 6.45) is 1.07. The maximum absolute atomic E-state index is 12.8. The highest BCUT2D eigenvalue weighted by Gasteiger charge is 2.31. The molecule has 7 N–H and O–H groups in total. The zero-order valence-electron chi connectivity index (χ0n) is 21.9. The van der Waals surface area contributed by atoms with E-state index < -0.39 is 21.8 Å². The van der Waals surface area contributed by atoms with Crippen LogP contribution in [-0.2, 0) is 14.6 Å². The summed E-state index contributed by atoms with van der Waals surface area (Å²) in [5.41, 5.74) is 12.6. The third-order valence-electron chi connectivity index (χ3n) is 5.74. The second-order valence-electron chi connectivity index (χ2n) is 9.24. The lowest BCUT2D eigenvalue weighted by Crippen LogP contribution is -2.40. The Hall–Kier alpha value is -4.92. The van der Waals surface area contributed by atoms with Gasteiger partial charge in [0.15, 0.2) is 11.6 Å². The number of hydrogen-bond acceptors (Lipinski definition) is 11. The van der Waals surface area contributed by atoms with Crippen LogP contribution in [0.4, 0.5) is 17.2 Å². The van der Waals surface area contributed by atoms with E-state index in [0.717, 1.165) is 6.26 Å². The summed E-state index contributed by atoms with van der Waals surface area (Å²) in [7, 11) is -0.0817. The van der Waals surface area contributed by atoms with Crippen LogP contribution in [0.1, 0.15) is 22.3 Å². The monoisotopic (exact) mass is 568 g/mol. The van der Waals surface area contributed by atoms with Crippen LogP contribution < -0.4 is 31.6 Å². The van der Waals surface area contributed by atoms with Crippen LogP contribution in [0.25, 0.3) is 0 Å². The van der Waals surface area contributed by atoms with Gasteiger partial charge in [-0.2, -0.15) is 9.97 Å². The first-order valence-electron chi connectivity index (χ1n) is 11.9. The number of aromatic nitrogens is 2. The number of amidine groups is 1. The quantitative estimate of drug-likeness (QED) is 0.142. The standard InChI is InChI=1S/C25H28N8O6S/c1-33(2)24(35)14-5-4-6-15(11-14)38-25-31-21-19(30-22(34)17(29-21)9-10-40(3,36)37)23(32-25)39-18-12-13(20(27)28)7-8-16(18)26/h4-8,11-12,17H,9-10,26H2,1-3H3,(H3,27,28)(H,30,34)(H,29,31,32). The van der Waals surface area contributed by atoms with Gasteiger partial charge in [-0.1, -0.05) is 6.07 Å². The lowest BCUT2D eigenvalue weighted by atomic mass is 10.1. The zero-order chi connectivity index (χ0) is 29.2. The van der Waals surface area contributed by atoms with E-state index in [-0.39, 0.29) is 64.5 Å². The summed E-state index contributed by atoms with van der Waals surface area (Å²) in [5.74, 6) is -0.869. The Morgan fingerprint density at radius 1 is 1.12 bits per heavy atom. The number of sulfone groups is 1. The first-order chi connectivity index (χ1) is 18.8. The van der Waals surface area contributed by atoms with Crippen LogP contribution >= 0.6 is 0 Å². The normalized spacial score (nSPS) is 14.4. The van der Waals surface area contributed by atoms with Gasteiger partial charge in [0.25, 0.3) is 11.8 Å². The lowest BCUT2D eigenvalue weighted by Gasteiger charge is -2.27. The van der Waals surface area contributed by atoms with E-state index in [2.05, 4.69) is 20.6 Å². The SMILES string of the molecule is CN(C)C(=O)c1cccc(Oc2nc3c(c(Oc4cc(C(=N)N)ccc4N)n2)NC(=O)C(CCS(C)(=O)=O)N3)c1. The Balaban J connectivity index is 1.74. The van der Waals surface area contributed by atoms with Crippen molar-refractivity contribution in [1.29, 1.82) is 5.41 Å². The number of rotatable bonds is 9. The lowest BCUT2D eigenvalue weighted by molar-refractivity contribution is -0.117. The number of carbonyl (C=O) groups excluding carboxylic acids is 2. The van der Waals surface area contributed by atoms with Crippen molar-refractivity contribution < 1.29 is 27.5 Å². The van der Waals surface area contributed by atoms with E-state index in [1.165, 1.54) is 23.1 Å². The summed E-state index contributed by atoms with van der Waals surface area (Å²) in [5, 5.41) is 13.3. The Bertz CT molecular complexity index is 1610. The molecular formula is C25H28N8O6S. The first-order valence-corrected chi connectivity index (χ1v) is 14.0. The molecule has 0 spiro atoms. The highest BCUT2D eigenvalue weighted by molar-refractivity contribution is 7.90. The largest absolute Gasteiger partial charge is 0.435 e. The molecule has 2 amide bonds. The molecule has 2 aromatic carbocycles. The average molecular weight is 569 g/mol. The number of amides is 2. The molecule has 210 valence electrons. The van der Waals surface area contributed by atoms with Gasteiger partial charge in [0.2, 0.25) is 5.91 Å². The third kappa shape index (κ3) is 6.55. The molecule has 0 bridgehead atoms. The molecule has 0 radical (unpaired) electrons. The fourth-order valence-electron chi connectivity index (χ4n) is 3.68. The van der Waals surface area contributed by atoms with Gasteiger partial charge >= 0.3 is 6.01 Å². The Morgan fingerprint density at radius 2 is 1.88 bits per heavy atom. The van der Waals surface area contributed by atoms with Gasteiger partial charge in [0, 0.05) is 31.5 Å². The minimum atomic E-state index is -3.33. The fourth-order valence-corrected chi connectivity index (χ4v) is 4.35. The van der Waals surface area contributed by atoms with E-state index >= 15 is 0 Å². The number of nitrogens with zero attached hydrogens (tertiary/aromatic N) is 3. The van der Waals surface area contributed by atoms with Crippen LogP contribution in [0.5, 0.6) is 23.4 Å². The van der Waals surface area contributed by atoms with Crippen molar-refractivity contribution in [3.63, 3.8) is 0 Å². The van der Waals surface area contributed by atoms with E-state index in [4.69, 9.17) is 26.4 Å². The summed E-state index contributed by atoms with van der Waals surface area (Å²) >= 11 is 0. The number of nitrogens with one attached hydrogen (secondary N) is 3. The van der Waals surface area contributed by atoms with Crippen molar-refractivity contribution in [1.82, 2.24) is 14.9 Å². The molecule has 1 aliphatic rings. The van der Waals surface area contributed by atoms with E-state index in [1.807, 2.05) is 0 Å². The molecule has 1 unspecified atom stereocenters. The van der Waals surface area contributed by atoms with Gasteiger partial charge in [0.1, 0.15) is 33.2 Å². The minimum absolute atomic E-state index is 0.0111. The van der Waals surface area contributed by atoms with Gasteiger partial charge in [-0.15, -0.1) is 0 Å². The Morgan fingerprint density at radius 3 is 2.55 bits per heavy atom. The summed E-state index contributed by atoms with van der Waals surface area (Å²) in [6, 6.07) is 9.77. The van der Waals surface area contributed by atoms with E-state index in [0.29, 0.717) is 11.1 Å². The molecule has 0 saturated heterocycles. The fraction of sp³-hybridized carbons (Fsp3) is 0.240. The topological polar surface area (TPSA) is 216 Å². The number of fused-ring (bicyclic) bond motifs is 1. The van der Waals surface area contributed by atoms with Crippen molar-refractivity contribution in [3.8, 4) is 23.4 Å². The predicted molar refractivity (Wildman–Crippen MR) is 149 cm³/mol. The molecule has 4 rings (SSSR count). The van der Waals surface area contributed by atoms with Crippen molar-refractivity contribution in [2.45, 2.75) is 12.5 Å². The number of ether oxygens (including phenoxy) is 2. The van der Waals surface area contributed by atoms with Crippen molar-refractivity contribution >= 4 is 44.7 Å². The number of anilines is 3. The molecule has 0 saturated carbocycles. The first kappa shape index (κ1) is 28.1. The highest BCUT2D eigenvalue weighted by Crippen LogP contribution is 2.40. The molecule has 15 heteroatoms. The Kier molecular flexibility index (Phi) is 7.77. The summed E-state index contributed by atoms with van der Waals surface area (Å²) in [6.45, 7) is 0. The third-order valence-corrected chi connectivity index (χ3v) is 6.71. The predicted octanol–water partition coefficient (Wildman–Crippen LogP) is 1.80. The summed E-state index contributed by atoms with van der Waals surface area (Å²) in [4.78, 5) is 35.3. The number of nitrogens with two attached hydrogens (primary N) is 2. The molecule has 2 heterocycles. The zero-order valence-corrected chi connectivity index (χ0v) is 22.7. The number of nitrogen functional groups attached to an aromatic ring is 2.